The smallest absolute Gasteiger partial charge is 0.326 e. The Morgan fingerprint density at radius 3 is 2.37 bits per heavy atom. The van der Waals surface area contributed by atoms with Crippen LogP contribution in [0.1, 0.15) is 35.5 Å². The number of nitrogens with zero attached hydrogens (tertiary/aromatic N) is 3. The lowest BCUT2D eigenvalue weighted by Gasteiger charge is -2.35. The number of halogens is 2. The Bertz CT molecular complexity index is 1450. The molecule has 0 saturated carbocycles. The monoisotopic (exact) mass is 488 g/mol. The first kappa shape index (κ1) is 22.8. The first-order chi connectivity index (χ1) is 16.8. The summed E-state index contributed by atoms with van der Waals surface area (Å²) in [5, 5.41) is 7.79. The zero-order valence-electron chi connectivity index (χ0n) is 19.3. The van der Waals surface area contributed by atoms with E-state index in [1.165, 1.54) is 12.1 Å². The Labute approximate surface area is 207 Å². The van der Waals surface area contributed by atoms with E-state index in [0.29, 0.717) is 27.7 Å². The van der Waals surface area contributed by atoms with Crippen molar-refractivity contribution >= 4 is 28.9 Å². The summed E-state index contributed by atoms with van der Waals surface area (Å²) in [6.45, 7) is 5.86. The van der Waals surface area contributed by atoms with Gasteiger partial charge in [-0.05, 0) is 86.0 Å². The van der Waals surface area contributed by atoms with Crippen LogP contribution in [0.15, 0.2) is 77.0 Å². The van der Waals surface area contributed by atoms with Crippen LogP contribution in [-0.4, -0.2) is 16.2 Å². The van der Waals surface area contributed by atoms with Crippen molar-refractivity contribution in [3.63, 3.8) is 0 Å². The number of hydrogen-bond donors (Lipinski definition) is 1. The maximum absolute atomic E-state index is 13.6. The molecular weight excluding hydrogens is 467 g/mol. The van der Waals surface area contributed by atoms with Gasteiger partial charge in [0.1, 0.15) is 5.82 Å². The molecule has 2 heterocycles. The number of nitrogens with one attached hydrogen (secondary N) is 1. The Balaban J connectivity index is 1.65. The van der Waals surface area contributed by atoms with E-state index in [4.69, 9.17) is 16.1 Å². The van der Waals surface area contributed by atoms with Crippen LogP contribution in [-0.2, 0) is 0 Å². The molecule has 0 spiro atoms. The highest BCUT2D eigenvalue weighted by Gasteiger charge is 2.36. The second kappa shape index (κ2) is 9.00. The van der Waals surface area contributed by atoms with Gasteiger partial charge in [-0.3, -0.25) is 4.90 Å². The SMILES string of the molecule is CC1=C(c2nc(-c3ccc(Cl)cc3)no2)C(c2ccc(F)cc2)NC(=O)N1c1ccc(C)c(C)c1. The van der Waals surface area contributed by atoms with Gasteiger partial charge in [0.15, 0.2) is 0 Å². The molecule has 1 aliphatic rings. The summed E-state index contributed by atoms with van der Waals surface area (Å²) in [4.78, 5) is 19.5. The summed E-state index contributed by atoms with van der Waals surface area (Å²) in [5.41, 5.74) is 5.61. The van der Waals surface area contributed by atoms with Crippen LogP contribution in [0.5, 0.6) is 0 Å². The molecule has 0 aliphatic carbocycles. The highest BCUT2D eigenvalue weighted by Crippen LogP contribution is 2.39. The van der Waals surface area contributed by atoms with Gasteiger partial charge in [-0.2, -0.15) is 4.98 Å². The van der Waals surface area contributed by atoms with E-state index in [1.807, 2.05) is 39.0 Å². The van der Waals surface area contributed by atoms with Gasteiger partial charge in [-0.1, -0.05) is 35.0 Å². The minimum absolute atomic E-state index is 0.260. The number of benzene rings is 3. The maximum Gasteiger partial charge on any atom is 0.326 e. The van der Waals surface area contributed by atoms with E-state index in [1.54, 1.807) is 41.3 Å². The number of carbonyl (C=O) groups excluding carboxylic acids is 1. The number of amides is 2. The fourth-order valence-electron chi connectivity index (χ4n) is 4.15. The summed E-state index contributed by atoms with van der Waals surface area (Å²) in [6.07, 6.45) is 0. The van der Waals surface area contributed by atoms with E-state index < -0.39 is 6.04 Å². The van der Waals surface area contributed by atoms with Crippen LogP contribution in [0.2, 0.25) is 5.02 Å². The van der Waals surface area contributed by atoms with E-state index in [9.17, 15) is 9.18 Å². The molecule has 0 saturated heterocycles. The van der Waals surface area contributed by atoms with Gasteiger partial charge in [-0.25, -0.2) is 9.18 Å². The lowest BCUT2D eigenvalue weighted by atomic mass is 9.94. The molecule has 8 heteroatoms. The van der Waals surface area contributed by atoms with Crippen molar-refractivity contribution in [1.82, 2.24) is 15.5 Å². The Morgan fingerprint density at radius 2 is 1.69 bits per heavy atom. The minimum Gasteiger partial charge on any atom is -0.334 e. The highest BCUT2D eigenvalue weighted by atomic mass is 35.5. The fourth-order valence-corrected chi connectivity index (χ4v) is 4.28. The Kier molecular flexibility index (Phi) is 5.86. The number of carbonyl (C=O) groups is 1. The van der Waals surface area contributed by atoms with Gasteiger partial charge in [0.05, 0.1) is 17.3 Å². The largest absolute Gasteiger partial charge is 0.334 e. The van der Waals surface area contributed by atoms with Crippen LogP contribution in [0, 0.1) is 19.7 Å². The lowest BCUT2D eigenvalue weighted by molar-refractivity contribution is 0.244. The number of rotatable bonds is 4. The number of aromatic nitrogens is 2. The first-order valence-corrected chi connectivity index (χ1v) is 11.4. The number of aryl methyl sites for hydroxylation is 2. The van der Waals surface area contributed by atoms with Gasteiger partial charge in [0, 0.05) is 16.3 Å². The van der Waals surface area contributed by atoms with E-state index in [-0.39, 0.29) is 17.7 Å². The second-order valence-electron chi connectivity index (χ2n) is 8.47. The quantitative estimate of drug-likeness (QED) is 0.341. The Hall–Kier alpha value is -3.97. The lowest BCUT2D eigenvalue weighted by Crippen LogP contribution is -2.46. The van der Waals surface area contributed by atoms with Crippen molar-refractivity contribution < 1.29 is 13.7 Å². The molecule has 2 amide bonds. The molecule has 35 heavy (non-hydrogen) atoms. The Morgan fingerprint density at radius 1 is 0.971 bits per heavy atom. The van der Waals surface area contributed by atoms with Crippen LogP contribution >= 0.6 is 11.6 Å². The molecule has 1 atom stereocenters. The number of hydrogen-bond acceptors (Lipinski definition) is 4. The van der Waals surface area contributed by atoms with Crippen molar-refractivity contribution in [2.24, 2.45) is 0 Å². The summed E-state index contributed by atoms with van der Waals surface area (Å²) in [6, 6.07) is 18.0. The number of urea groups is 1. The van der Waals surface area contributed by atoms with Crippen LogP contribution < -0.4 is 10.2 Å². The third kappa shape index (κ3) is 4.31. The third-order valence-corrected chi connectivity index (χ3v) is 6.45. The molecule has 4 aromatic rings. The molecule has 1 N–H and O–H groups in total. The zero-order valence-corrected chi connectivity index (χ0v) is 20.1. The molecule has 176 valence electrons. The van der Waals surface area contributed by atoms with Crippen LogP contribution in [0.3, 0.4) is 0 Å². The zero-order chi connectivity index (χ0) is 24.7. The van der Waals surface area contributed by atoms with Crippen LogP contribution in [0.4, 0.5) is 14.9 Å². The van der Waals surface area contributed by atoms with E-state index >= 15 is 0 Å². The molecular formula is C27H22ClFN4O2. The maximum atomic E-state index is 13.6. The van der Waals surface area contributed by atoms with Crippen molar-refractivity contribution in [3.8, 4) is 11.4 Å². The summed E-state index contributed by atoms with van der Waals surface area (Å²) >= 11 is 6.01. The first-order valence-electron chi connectivity index (χ1n) is 11.1. The van der Waals surface area contributed by atoms with Gasteiger partial charge < -0.3 is 9.84 Å². The molecule has 5 rings (SSSR count). The van der Waals surface area contributed by atoms with Crippen molar-refractivity contribution in [1.29, 1.82) is 0 Å². The summed E-state index contributed by atoms with van der Waals surface area (Å²) < 4.78 is 19.3. The standard InChI is InChI=1S/C27H22ClFN4O2/c1-15-4-13-22(14-16(15)2)33-17(3)23(24(30-27(33)34)18-7-11-21(29)12-8-18)26-31-25(32-35-26)19-5-9-20(28)10-6-19/h4-14,24H,1-3H3,(H,30,34). The van der Waals surface area contributed by atoms with Gasteiger partial charge in [0.2, 0.25) is 5.82 Å². The van der Waals surface area contributed by atoms with Crippen LogP contribution in [0.25, 0.3) is 17.0 Å². The second-order valence-corrected chi connectivity index (χ2v) is 8.90. The van der Waals surface area contributed by atoms with Crippen molar-refractivity contribution in [3.05, 3.63) is 106 Å². The molecule has 3 aromatic carbocycles. The van der Waals surface area contributed by atoms with Gasteiger partial charge >= 0.3 is 6.03 Å². The number of anilines is 1. The van der Waals surface area contributed by atoms with Crippen molar-refractivity contribution in [2.45, 2.75) is 26.8 Å². The highest BCUT2D eigenvalue weighted by molar-refractivity contribution is 6.30. The minimum atomic E-state index is -0.607. The number of allylic oxidation sites excluding steroid dienone is 1. The van der Waals surface area contributed by atoms with E-state index in [2.05, 4.69) is 15.5 Å². The predicted octanol–water partition coefficient (Wildman–Crippen LogP) is 6.85. The molecule has 1 aliphatic heterocycles. The molecule has 1 unspecified atom stereocenters. The fraction of sp³-hybridized carbons (Fsp3) is 0.148. The predicted molar refractivity (Wildman–Crippen MR) is 133 cm³/mol. The molecule has 0 radical (unpaired) electrons. The molecule has 0 fully saturated rings. The molecule has 1 aromatic heterocycles. The van der Waals surface area contributed by atoms with Gasteiger partial charge in [0.25, 0.3) is 5.89 Å². The van der Waals surface area contributed by atoms with E-state index in [0.717, 1.165) is 22.4 Å². The average Bonchev–Trinajstić information content (AvgIpc) is 3.31. The molecule has 6 nitrogen and oxygen atoms in total. The average molecular weight is 489 g/mol. The van der Waals surface area contributed by atoms with Gasteiger partial charge in [-0.15, -0.1) is 0 Å². The third-order valence-electron chi connectivity index (χ3n) is 6.20. The molecule has 0 bridgehead atoms. The van der Waals surface area contributed by atoms with Crippen molar-refractivity contribution in [2.75, 3.05) is 4.90 Å². The normalized spacial score (nSPS) is 16.0. The summed E-state index contributed by atoms with van der Waals surface area (Å²) in [7, 11) is 0. The topological polar surface area (TPSA) is 71.3 Å². The summed E-state index contributed by atoms with van der Waals surface area (Å²) in [5.74, 6) is 0.290.